The maximum atomic E-state index is 12.4. The molecule has 2 aromatic rings. The molecule has 0 saturated heterocycles. The van der Waals surface area contributed by atoms with Crippen molar-refractivity contribution in [2.45, 2.75) is 39.5 Å². The molecule has 6 nitrogen and oxygen atoms in total. The fourth-order valence-corrected chi connectivity index (χ4v) is 2.63. The van der Waals surface area contributed by atoms with Crippen molar-refractivity contribution in [3.8, 4) is 0 Å². The number of para-hydroxylation sites is 1. The molecular formula is C16H20N4O2S. The highest BCUT2D eigenvalue weighted by atomic mass is 32.1. The second-order valence-electron chi connectivity index (χ2n) is 5.01. The van der Waals surface area contributed by atoms with E-state index in [1.54, 1.807) is 24.3 Å². The number of hydrogen-bond acceptors (Lipinski definition) is 5. The summed E-state index contributed by atoms with van der Waals surface area (Å²) >= 11 is 1.35. The summed E-state index contributed by atoms with van der Waals surface area (Å²) in [6.45, 7) is 4.01. The van der Waals surface area contributed by atoms with Gasteiger partial charge in [-0.25, -0.2) is 0 Å². The minimum absolute atomic E-state index is 0.0868. The van der Waals surface area contributed by atoms with Gasteiger partial charge < -0.3 is 5.32 Å². The molecular weight excluding hydrogens is 312 g/mol. The first-order valence-electron chi connectivity index (χ1n) is 7.66. The third kappa shape index (κ3) is 4.85. The van der Waals surface area contributed by atoms with E-state index in [-0.39, 0.29) is 11.8 Å². The zero-order chi connectivity index (χ0) is 16.7. The summed E-state index contributed by atoms with van der Waals surface area (Å²) in [6, 6.07) is 6.93. The van der Waals surface area contributed by atoms with E-state index >= 15 is 0 Å². The molecule has 0 saturated carbocycles. The first-order valence-corrected chi connectivity index (χ1v) is 8.48. The Morgan fingerprint density at radius 1 is 1.13 bits per heavy atom. The number of aryl methyl sites for hydroxylation is 1. The largest absolute Gasteiger partial charge is 0.325 e. The van der Waals surface area contributed by atoms with Crippen LogP contribution in [0.15, 0.2) is 24.3 Å². The van der Waals surface area contributed by atoms with E-state index in [9.17, 15) is 9.59 Å². The molecule has 0 aliphatic carbocycles. The van der Waals surface area contributed by atoms with Gasteiger partial charge >= 0.3 is 0 Å². The highest BCUT2D eigenvalue weighted by molar-refractivity contribution is 7.15. The Bertz CT molecular complexity index is 684. The summed E-state index contributed by atoms with van der Waals surface area (Å²) in [5.74, 6) is -0.397. The van der Waals surface area contributed by atoms with Gasteiger partial charge in [0, 0.05) is 6.42 Å². The monoisotopic (exact) mass is 332 g/mol. The molecule has 0 radical (unpaired) electrons. The zero-order valence-corrected chi connectivity index (χ0v) is 14.1. The molecule has 0 unspecified atom stereocenters. The number of nitrogens with one attached hydrogen (secondary N) is 2. The minimum atomic E-state index is -0.310. The summed E-state index contributed by atoms with van der Waals surface area (Å²) in [5.41, 5.74) is 0.914. The average Bonchev–Trinajstić information content (AvgIpc) is 3.01. The maximum absolute atomic E-state index is 12.4. The smallest absolute Gasteiger partial charge is 0.259 e. The Balaban J connectivity index is 2.09. The first kappa shape index (κ1) is 17.1. The third-order valence-electron chi connectivity index (χ3n) is 3.19. The molecule has 0 atom stereocenters. The summed E-state index contributed by atoms with van der Waals surface area (Å²) in [7, 11) is 0. The van der Waals surface area contributed by atoms with Gasteiger partial charge in [-0.05, 0) is 25.0 Å². The van der Waals surface area contributed by atoms with Crippen LogP contribution in [0.3, 0.4) is 0 Å². The van der Waals surface area contributed by atoms with Crippen LogP contribution in [-0.4, -0.2) is 22.0 Å². The van der Waals surface area contributed by atoms with Crippen molar-refractivity contribution in [1.29, 1.82) is 0 Å². The number of rotatable bonds is 7. The lowest BCUT2D eigenvalue weighted by molar-refractivity contribution is -0.116. The number of anilines is 2. The van der Waals surface area contributed by atoms with Crippen LogP contribution in [0.4, 0.5) is 10.8 Å². The van der Waals surface area contributed by atoms with Crippen molar-refractivity contribution in [3.63, 3.8) is 0 Å². The van der Waals surface area contributed by atoms with Gasteiger partial charge in [-0.3, -0.25) is 14.9 Å². The van der Waals surface area contributed by atoms with Crippen molar-refractivity contribution in [3.05, 3.63) is 34.8 Å². The van der Waals surface area contributed by atoms with Crippen molar-refractivity contribution in [1.82, 2.24) is 10.2 Å². The van der Waals surface area contributed by atoms with Crippen LogP contribution < -0.4 is 10.6 Å². The van der Waals surface area contributed by atoms with Gasteiger partial charge in [-0.1, -0.05) is 43.7 Å². The number of carbonyl (C=O) groups is 2. The number of unbranched alkanes of at least 4 members (excludes halogenated alkanes) is 1. The van der Waals surface area contributed by atoms with Gasteiger partial charge in [0.15, 0.2) is 0 Å². The number of benzene rings is 1. The van der Waals surface area contributed by atoms with Crippen LogP contribution in [0, 0.1) is 0 Å². The van der Waals surface area contributed by atoms with Crippen molar-refractivity contribution < 1.29 is 9.59 Å². The van der Waals surface area contributed by atoms with Crippen molar-refractivity contribution in [2.24, 2.45) is 0 Å². The molecule has 1 aromatic carbocycles. The SMILES string of the molecule is CCCCC(=O)Nc1ccccc1C(=O)Nc1nnc(CC)s1. The summed E-state index contributed by atoms with van der Waals surface area (Å²) in [5, 5.41) is 14.7. The molecule has 0 bridgehead atoms. The lowest BCUT2D eigenvalue weighted by Crippen LogP contribution is -2.18. The van der Waals surface area contributed by atoms with E-state index in [0.29, 0.717) is 22.8 Å². The van der Waals surface area contributed by atoms with E-state index in [1.807, 2.05) is 13.8 Å². The first-order chi connectivity index (χ1) is 11.1. The van der Waals surface area contributed by atoms with Crippen molar-refractivity contribution in [2.75, 3.05) is 10.6 Å². The summed E-state index contributed by atoms with van der Waals surface area (Å²) < 4.78 is 0. The van der Waals surface area contributed by atoms with Gasteiger partial charge in [-0.15, -0.1) is 10.2 Å². The molecule has 2 amide bonds. The van der Waals surface area contributed by atoms with Gasteiger partial charge in [0.05, 0.1) is 11.3 Å². The topological polar surface area (TPSA) is 84.0 Å². The highest BCUT2D eigenvalue weighted by Gasteiger charge is 2.15. The second kappa shape index (κ2) is 8.38. The Labute approximate surface area is 139 Å². The van der Waals surface area contributed by atoms with Crippen LogP contribution in [0.2, 0.25) is 0 Å². The van der Waals surface area contributed by atoms with E-state index in [4.69, 9.17) is 0 Å². The number of amides is 2. The number of nitrogens with zero attached hydrogens (tertiary/aromatic N) is 2. The number of aromatic nitrogens is 2. The molecule has 23 heavy (non-hydrogen) atoms. The van der Waals surface area contributed by atoms with E-state index in [1.165, 1.54) is 11.3 Å². The van der Waals surface area contributed by atoms with Crippen LogP contribution in [0.1, 0.15) is 48.5 Å². The van der Waals surface area contributed by atoms with Gasteiger partial charge in [0.2, 0.25) is 11.0 Å². The average molecular weight is 332 g/mol. The molecule has 0 spiro atoms. The van der Waals surface area contributed by atoms with Gasteiger partial charge in [-0.2, -0.15) is 0 Å². The summed E-state index contributed by atoms with van der Waals surface area (Å²) in [4.78, 5) is 24.3. The van der Waals surface area contributed by atoms with Crippen LogP contribution in [0.25, 0.3) is 0 Å². The second-order valence-corrected chi connectivity index (χ2v) is 6.07. The molecule has 0 fully saturated rings. The summed E-state index contributed by atoms with van der Waals surface area (Å²) in [6.07, 6.45) is 3.00. The Morgan fingerprint density at radius 2 is 1.91 bits per heavy atom. The lowest BCUT2D eigenvalue weighted by Gasteiger charge is -2.10. The van der Waals surface area contributed by atoms with Gasteiger partial charge in [0.1, 0.15) is 5.01 Å². The Morgan fingerprint density at radius 3 is 2.61 bits per heavy atom. The predicted molar refractivity (Wildman–Crippen MR) is 91.8 cm³/mol. The van der Waals surface area contributed by atoms with Crippen LogP contribution >= 0.6 is 11.3 Å². The fraction of sp³-hybridized carbons (Fsp3) is 0.375. The molecule has 1 heterocycles. The normalized spacial score (nSPS) is 10.3. The molecule has 2 rings (SSSR count). The number of carbonyl (C=O) groups excluding carboxylic acids is 2. The van der Waals surface area contributed by atoms with Crippen molar-refractivity contribution >= 4 is 34.0 Å². The molecule has 0 aliphatic rings. The molecule has 122 valence electrons. The quantitative estimate of drug-likeness (QED) is 0.813. The molecule has 7 heteroatoms. The Kier molecular flexibility index (Phi) is 6.22. The van der Waals surface area contributed by atoms with Crippen LogP contribution in [0.5, 0.6) is 0 Å². The molecule has 1 aromatic heterocycles. The fourth-order valence-electron chi connectivity index (χ4n) is 1.95. The zero-order valence-electron chi connectivity index (χ0n) is 13.3. The van der Waals surface area contributed by atoms with Crippen LogP contribution in [-0.2, 0) is 11.2 Å². The molecule has 2 N–H and O–H groups in total. The maximum Gasteiger partial charge on any atom is 0.259 e. The highest BCUT2D eigenvalue weighted by Crippen LogP contribution is 2.20. The minimum Gasteiger partial charge on any atom is -0.325 e. The molecule has 0 aliphatic heterocycles. The van der Waals surface area contributed by atoms with E-state index in [0.717, 1.165) is 24.3 Å². The van der Waals surface area contributed by atoms with E-state index in [2.05, 4.69) is 20.8 Å². The predicted octanol–water partition coefficient (Wildman–Crippen LogP) is 3.48. The Hall–Kier alpha value is -2.28. The lowest BCUT2D eigenvalue weighted by atomic mass is 10.1. The third-order valence-corrected chi connectivity index (χ3v) is 4.18. The number of hydrogen-bond donors (Lipinski definition) is 2. The van der Waals surface area contributed by atoms with Gasteiger partial charge in [0.25, 0.3) is 5.91 Å². The standard InChI is InChI=1S/C16H20N4O2S/c1-3-5-10-13(21)17-12-9-7-6-8-11(12)15(22)18-16-20-19-14(4-2)23-16/h6-9H,3-5,10H2,1-2H3,(H,17,21)(H,18,20,22). The van der Waals surface area contributed by atoms with E-state index < -0.39 is 0 Å².